The van der Waals surface area contributed by atoms with E-state index in [0.717, 1.165) is 43.5 Å². The first-order valence-corrected chi connectivity index (χ1v) is 11.2. The SMILES string of the molecule is CCCCCC(=O)c1cccc(-c2ccc(CNCCCC)cc2)c1.CCO.O=CO. The number of rotatable bonds is 11. The third-order valence-electron chi connectivity index (χ3n) is 4.52. The fraction of sp³-hybridized carbons (Fsp3) is 0.462. The number of hydrogen-bond acceptors (Lipinski definition) is 4. The molecule has 5 heteroatoms. The maximum absolute atomic E-state index is 12.3. The highest BCUT2D eigenvalue weighted by Crippen LogP contribution is 2.22. The third kappa shape index (κ3) is 13.4. The summed E-state index contributed by atoms with van der Waals surface area (Å²) >= 11 is 0. The number of aliphatic hydroxyl groups is 1. The Bertz CT molecular complexity index is 714. The molecule has 0 radical (unpaired) electrons. The van der Waals surface area contributed by atoms with Crippen molar-refractivity contribution in [3.05, 3.63) is 59.7 Å². The number of ketones is 1. The quantitative estimate of drug-likeness (QED) is 0.242. The average Bonchev–Trinajstić information content (AvgIpc) is 2.78. The van der Waals surface area contributed by atoms with Gasteiger partial charge in [0.25, 0.3) is 6.47 Å². The second kappa shape index (κ2) is 19.5. The van der Waals surface area contributed by atoms with Crippen molar-refractivity contribution in [2.75, 3.05) is 13.2 Å². The van der Waals surface area contributed by atoms with E-state index in [1.54, 1.807) is 6.92 Å². The topological polar surface area (TPSA) is 86.6 Å². The molecule has 2 aromatic rings. The lowest BCUT2D eigenvalue weighted by Gasteiger charge is -2.08. The van der Waals surface area contributed by atoms with Crippen LogP contribution in [-0.2, 0) is 11.3 Å². The summed E-state index contributed by atoms with van der Waals surface area (Å²) in [6.45, 7) is 8.03. The standard InChI is InChI=1S/C23H31NO.C2H6O.CH2O2/c1-3-5-7-11-23(25)22-10-8-9-21(17-22)20-14-12-19(13-15-20)18-24-16-6-4-2;1-2-3;2-1-3/h8-10,12-15,17,24H,3-7,11,16,18H2,1-2H3;3H,2H2,1H3;1H,(H,2,3). The van der Waals surface area contributed by atoms with Gasteiger partial charge in [-0.1, -0.05) is 75.6 Å². The van der Waals surface area contributed by atoms with Crippen molar-refractivity contribution >= 4 is 12.3 Å². The first kappa shape index (κ1) is 28.5. The lowest BCUT2D eigenvalue weighted by Crippen LogP contribution is -2.14. The van der Waals surface area contributed by atoms with E-state index in [1.165, 1.54) is 24.0 Å². The number of unbranched alkanes of at least 4 members (excludes halogenated alkanes) is 3. The highest BCUT2D eigenvalue weighted by molar-refractivity contribution is 5.97. The number of benzene rings is 2. The summed E-state index contributed by atoms with van der Waals surface area (Å²) in [5, 5.41) is 17.9. The minimum atomic E-state index is -0.250. The van der Waals surface area contributed by atoms with Gasteiger partial charge in [0, 0.05) is 25.1 Å². The lowest BCUT2D eigenvalue weighted by atomic mass is 9.98. The Balaban J connectivity index is 0.00000134. The molecule has 0 aliphatic rings. The van der Waals surface area contributed by atoms with Gasteiger partial charge in [-0.2, -0.15) is 0 Å². The van der Waals surface area contributed by atoms with Crippen molar-refractivity contribution in [3.63, 3.8) is 0 Å². The van der Waals surface area contributed by atoms with Gasteiger partial charge in [0.2, 0.25) is 0 Å². The summed E-state index contributed by atoms with van der Waals surface area (Å²) < 4.78 is 0. The summed E-state index contributed by atoms with van der Waals surface area (Å²) in [7, 11) is 0. The smallest absolute Gasteiger partial charge is 0.290 e. The number of nitrogens with one attached hydrogen (secondary N) is 1. The molecule has 0 aliphatic carbocycles. The average molecular weight is 430 g/mol. The molecule has 0 saturated heterocycles. The number of carbonyl (C=O) groups excluding carboxylic acids is 1. The van der Waals surface area contributed by atoms with Crippen LogP contribution in [0.15, 0.2) is 48.5 Å². The van der Waals surface area contributed by atoms with Gasteiger partial charge in [0.15, 0.2) is 5.78 Å². The van der Waals surface area contributed by atoms with Crippen LogP contribution in [0.4, 0.5) is 0 Å². The van der Waals surface area contributed by atoms with Gasteiger partial charge in [-0.15, -0.1) is 0 Å². The van der Waals surface area contributed by atoms with Crippen LogP contribution in [0.1, 0.15) is 75.2 Å². The van der Waals surface area contributed by atoms with Gasteiger partial charge in [-0.05, 0) is 49.1 Å². The summed E-state index contributed by atoms with van der Waals surface area (Å²) in [6.07, 6.45) is 6.35. The van der Waals surface area contributed by atoms with Crippen LogP contribution < -0.4 is 5.32 Å². The van der Waals surface area contributed by atoms with Gasteiger partial charge in [-0.25, -0.2) is 0 Å². The Hall–Kier alpha value is -2.50. The molecule has 5 nitrogen and oxygen atoms in total. The normalized spacial score (nSPS) is 9.68. The maximum atomic E-state index is 12.3. The molecular weight excluding hydrogens is 390 g/mol. The Morgan fingerprint density at radius 3 is 2.13 bits per heavy atom. The molecule has 0 bridgehead atoms. The predicted octanol–water partition coefficient (Wildman–Crippen LogP) is 5.71. The Labute approximate surface area is 187 Å². The van der Waals surface area contributed by atoms with Crippen LogP contribution in [-0.4, -0.2) is 35.6 Å². The number of aliphatic hydroxyl groups excluding tert-OH is 1. The van der Waals surface area contributed by atoms with E-state index in [-0.39, 0.29) is 18.9 Å². The zero-order valence-electron chi connectivity index (χ0n) is 19.3. The molecule has 31 heavy (non-hydrogen) atoms. The molecular formula is C26H39NO4. The van der Waals surface area contributed by atoms with Gasteiger partial charge in [-0.3, -0.25) is 9.59 Å². The molecule has 0 saturated carbocycles. The first-order chi connectivity index (χ1) is 15.1. The van der Waals surface area contributed by atoms with E-state index in [9.17, 15) is 4.79 Å². The van der Waals surface area contributed by atoms with E-state index < -0.39 is 0 Å². The van der Waals surface area contributed by atoms with Crippen LogP contribution in [0.5, 0.6) is 0 Å². The molecule has 0 spiro atoms. The first-order valence-electron chi connectivity index (χ1n) is 11.2. The van der Waals surface area contributed by atoms with Crippen LogP contribution in [0.3, 0.4) is 0 Å². The third-order valence-corrected chi connectivity index (χ3v) is 4.52. The van der Waals surface area contributed by atoms with Gasteiger partial charge in [0.1, 0.15) is 0 Å². The van der Waals surface area contributed by atoms with Gasteiger partial charge < -0.3 is 15.5 Å². The number of carboxylic acid groups (broad SMARTS) is 1. The second-order valence-corrected chi connectivity index (χ2v) is 7.11. The monoisotopic (exact) mass is 429 g/mol. The number of Topliss-reactive ketones (excluding diaryl/α,β-unsaturated/α-hetero) is 1. The van der Waals surface area contributed by atoms with E-state index in [0.29, 0.717) is 6.42 Å². The van der Waals surface area contributed by atoms with E-state index in [4.69, 9.17) is 15.0 Å². The molecule has 0 fully saturated rings. The van der Waals surface area contributed by atoms with Crippen LogP contribution in [0.2, 0.25) is 0 Å². The van der Waals surface area contributed by atoms with Gasteiger partial charge in [0.05, 0.1) is 0 Å². The molecule has 3 N–H and O–H groups in total. The molecule has 2 aromatic carbocycles. The summed E-state index contributed by atoms with van der Waals surface area (Å²) in [6, 6.07) is 16.7. The minimum absolute atomic E-state index is 0.250. The van der Waals surface area contributed by atoms with Gasteiger partial charge >= 0.3 is 0 Å². The molecule has 0 aliphatic heterocycles. The highest BCUT2D eigenvalue weighted by Gasteiger charge is 2.07. The summed E-state index contributed by atoms with van der Waals surface area (Å²) in [5.74, 6) is 0.257. The Morgan fingerprint density at radius 1 is 0.935 bits per heavy atom. The van der Waals surface area contributed by atoms with Crippen LogP contribution in [0.25, 0.3) is 11.1 Å². The van der Waals surface area contributed by atoms with Crippen molar-refractivity contribution < 1.29 is 19.8 Å². The fourth-order valence-electron chi connectivity index (χ4n) is 2.90. The maximum Gasteiger partial charge on any atom is 0.290 e. The van der Waals surface area contributed by atoms with E-state index >= 15 is 0 Å². The second-order valence-electron chi connectivity index (χ2n) is 7.11. The molecule has 0 heterocycles. The zero-order chi connectivity index (χ0) is 23.3. The minimum Gasteiger partial charge on any atom is -0.483 e. The van der Waals surface area contributed by atoms with Crippen molar-refractivity contribution in [1.29, 1.82) is 0 Å². The molecule has 0 amide bonds. The molecule has 0 atom stereocenters. The van der Waals surface area contributed by atoms with Crippen molar-refractivity contribution in [1.82, 2.24) is 5.32 Å². The number of carbonyl (C=O) groups is 2. The number of hydrogen-bond donors (Lipinski definition) is 3. The Morgan fingerprint density at radius 2 is 1.55 bits per heavy atom. The lowest BCUT2D eigenvalue weighted by molar-refractivity contribution is -0.122. The molecule has 0 aromatic heterocycles. The van der Waals surface area contributed by atoms with Crippen molar-refractivity contribution in [2.45, 2.75) is 65.8 Å². The fourth-order valence-corrected chi connectivity index (χ4v) is 2.90. The van der Waals surface area contributed by atoms with Crippen molar-refractivity contribution in [3.8, 4) is 11.1 Å². The largest absolute Gasteiger partial charge is 0.483 e. The van der Waals surface area contributed by atoms with Crippen molar-refractivity contribution in [2.24, 2.45) is 0 Å². The summed E-state index contributed by atoms with van der Waals surface area (Å²) in [4.78, 5) is 20.7. The highest BCUT2D eigenvalue weighted by atomic mass is 16.3. The zero-order valence-corrected chi connectivity index (χ0v) is 19.3. The molecule has 0 unspecified atom stereocenters. The predicted molar refractivity (Wildman–Crippen MR) is 128 cm³/mol. The molecule has 2 rings (SSSR count). The van der Waals surface area contributed by atoms with E-state index in [2.05, 4.69) is 49.5 Å². The summed E-state index contributed by atoms with van der Waals surface area (Å²) in [5.41, 5.74) is 4.41. The van der Waals surface area contributed by atoms with E-state index in [1.807, 2.05) is 18.2 Å². The van der Waals surface area contributed by atoms with Crippen LogP contribution in [0, 0.1) is 0 Å². The molecule has 172 valence electrons. The Kier molecular flexibility index (Phi) is 17.9. The van der Waals surface area contributed by atoms with Crippen LogP contribution >= 0.6 is 0 Å².